The van der Waals surface area contributed by atoms with Gasteiger partial charge in [0.25, 0.3) is 0 Å². The molecule has 0 bridgehead atoms. The molecule has 2 atom stereocenters. The fraction of sp³-hybridized carbons (Fsp3) is 0.650. The number of carboxylic acids is 1. The Labute approximate surface area is 171 Å². The smallest absolute Gasteiger partial charge is 0.522 e. The number of nitrogens with zero attached hydrogens (tertiary/aromatic N) is 1. The predicted octanol–water partition coefficient (Wildman–Crippen LogP) is 1.23. The summed E-state index contributed by atoms with van der Waals surface area (Å²) < 4.78 is 17.1. The minimum Gasteiger partial charge on any atom is -0.535 e. The third kappa shape index (κ3) is 4.53. The quantitative estimate of drug-likeness (QED) is 0.584. The maximum atomic E-state index is 11.9. The average Bonchev–Trinajstić information content (AvgIpc) is 2.69. The number of nitrogens with one attached hydrogen (secondary N) is 1. The summed E-state index contributed by atoms with van der Waals surface area (Å²) in [5.74, 6) is 0.0307. The lowest BCUT2D eigenvalue weighted by molar-refractivity contribution is -0.117. The van der Waals surface area contributed by atoms with Crippen LogP contribution in [0.15, 0.2) is 12.1 Å². The third-order valence-electron chi connectivity index (χ3n) is 6.11. The Morgan fingerprint density at radius 1 is 1.45 bits per heavy atom. The standard InChI is InChI=1S/C20H29BN2O6/c1-27-17(9-13-3-2-8-22-10-13)23-11-15(12-23)28-16-5-4-14-6-7-21(26)29-19(14)18(16)20(24)25/h4-5,13,15,17,22,26H,2-3,6-12H2,1H3,(H,24,25). The van der Waals surface area contributed by atoms with Gasteiger partial charge in [-0.3, -0.25) is 4.90 Å². The highest BCUT2D eigenvalue weighted by atomic mass is 16.5. The topological polar surface area (TPSA) is 100 Å². The third-order valence-corrected chi connectivity index (χ3v) is 6.11. The molecule has 8 nitrogen and oxygen atoms in total. The average molecular weight is 404 g/mol. The number of methoxy groups -OCH3 is 1. The molecule has 3 aliphatic rings. The Balaban J connectivity index is 1.38. The van der Waals surface area contributed by atoms with Crippen molar-refractivity contribution in [2.45, 2.75) is 44.3 Å². The number of likely N-dealkylation sites (tertiary alicyclic amines) is 1. The predicted molar refractivity (Wildman–Crippen MR) is 108 cm³/mol. The number of carboxylic acid groups (broad SMARTS) is 1. The molecular formula is C20H29BN2O6. The van der Waals surface area contributed by atoms with E-state index >= 15 is 0 Å². The first-order chi connectivity index (χ1) is 14.0. The Hall–Kier alpha value is -1.81. The second kappa shape index (κ2) is 8.91. The lowest BCUT2D eigenvalue weighted by atomic mass is 9.78. The van der Waals surface area contributed by atoms with E-state index < -0.39 is 13.1 Å². The highest BCUT2D eigenvalue weighted by Gasteiger charge is 2.37. The number of fused-ring (bicyclic) bond motifs is 1. The largest absolute Gasteiger partial charge is 0.535 e. The number of hydrogen-bond donors (Lipinski definition) is 3. The van der Waals surface area contributed by atoms with E-state index in [-0.39, 0.29) is 23.6 Å². The maximum absolute atomic E-state index is 11.9. The molecule has 0 radical (unpaired) electrons. The van der Waals surface area contributed by atoms with E-state index in [0.29, 0.717) is 37.5 Å². The normalized spacial score (nSPS) is 23.7. The van der Waals surface area contributed by atoms with Crippen molar-refractivity contribution in [3.8, 4) is 11.5 Å². The van der Waals surface area contributed by atoms with E-state index in [4.69, 9.17) is 14.1 Å². The van der Waals surface area contributed by atoms with Crippen molar-refractivity contribution in [1.82, 2.24) is 10.2 Å². The summed E-state index contributed by atoms with van der Waals surface area (Å²) >= 11 is 0. The molecule has 3 N–H and O–H groups in total. The number of hydrogen-bond acceptors (Lipinski definition) is 7. The number of benzene rings is 1. The molecule has 0 saturated carbocycles. The van der Waals surface area contributed by atoms with Gasteiger partial charge in [-0.05, 0) is 62.6 Å². The van der Waals surface area contributed by atoms with E-state index in [1.54, 1.807) is 13.2 Å². The summed E-state index contributed by atoms with van der Waals surface area (Å²) in [5, 5.41) is 22.9. The zero-order valence-electron chi connectivity index (χ0n) is 16.8. The Kier molecular flexibility index (Phi) is 6.29. The first-order valence-electron chi connectivity index (χ1n) is 10.4. The van der Waals surface area contributed by atoms with Crippen LogP contribution in [0.5, 0.6) is 11.5 Å². The van der Waals surface area contributed by atoms with Crippen LogP contribution >= 0.6 is 0 Å². The zero-order valence-corrected chi connectivity index (χ0v) is 16.8. The van der Waals surface area contributed by atoms with E-state index in [9.17, 15) is 14.9 Å². The Bertz CT molecular complexity index is 736. The molecule has 2 unspecified atom stereocenters. The van der Waals surface area contributed by atoms with E-state index in [0.717, 1.165) is 25.1 Å². The van der Waals surface area contributed by atoms with Gasteiger partial charge in [0.1, 0.15) is 29.4 Å². The van der Waals surface area contributed by atoms with Crippen molar-refractivity contribution in [1.29, 1.82) is 0 Å². The molecule has 3 aliphatic heterocycles. The number of ether oxygens (including phenoxy) is 2. The first kappa shape index (κ1) is 20.5. The molecule has 1 aromatic rings. The molecule has 0 aliphatic carbocycles. The maximum Gasteiger partial charge on any atom is 0.522 e. The van der Waals surface area contributed by atoms with Gasteiger partial charge < -0.3 is 29.6 Å². The van der Waals surface area contributed by atoms with Gasteiger partial charge >= 0.3 is 13.1 Å². The van der Waals surface area contributed by atoms with Crippen LogP contribution in [-0.4, -0.2) is 73.7 Å². The number of piperidine rings is 1. The molecule has 3 heterocycles. The van der Waals surface area contributed by atoms with E-state index in [2.05, 4.69) is 10.2 Å². The molecule has 158 valence electrons. The summed E-state index contributed by atoms with van der Waals surface area (Å²) in [6, 6.07) is 3.53. The van der Waals surface area contributed by atoms with Crippen molar-refractivity contribution in [2.75, 3.05) is 33.3 Å². The van der Waals surface area contributed by atoms with Crippen LogP contribution in [-0.2, 0) is 11.2 Å². The van der Waals surface area contributed by atoms with Gasteiger partial charge in [-0.2, -0.15) is 0 Å². The monoisotopic (exact) mass is 404 g/mol. The number of rotatable bonds is 7. The minimum absolute atomic E-state index is 0.00345. The van der Waals surface area contributed by atoms with Crippen LogP contribution in [0.1, 0.15) is 35.2 Å². The van der Waals surface area contributed by atoms with Crippen LogP contribution in [0.3, 0.4) is 0 Å². The second-order valence-corrected chi connectivity index (χ2v) is 8.18. The van der Waals surface area contributed by atoms with Gasteiger partial charge in [0, 0.05) is 20.2 Å². The summed E-state index contributed by atoms with van der Waals surface area (Å²) in [5.41, 5.74) is 0.784. The summed E-state index contributed by atoms with van der Waals surface area (Å²) in [6.07, 6.45) is 4.42. The lowest BCUT2D eigenvalue weighted by Crippen LogP contribution is -2.59. The van der Waals surface area contributed by atoms with Crippen molar-refractivity contribution in [3.05, 3.63) is 23.3 Å². The zero-order chi connectivity index (χ0) is 20.4. The summed E-state index contributed by atoms with van der Waals surface area (Å²) in [4.78, 5) is 14.1. The molecule has 2 fully saturated rings. The highest BCUT2D eigenvalue weighted by Crippen LogP contribution is 2.37. The van der Waals surface area contributed by atoms with Gasteiger partial charge in [0.15, 0.2) is 0 Å². The fourth-order valence-electron chi connectivity index (χ4n) is 4.48. The highest BCUT2D eigenvalue weighted by molar-refractivity contribution is 6.44. The number of carbonyl (C=O) groups is 1. The van der Waals surface area contributed by atoms with Crippen LogP contribution in [0.2, 0.25) is 6.32 Å². The lowest BCUT2D eigenvalue weighted by Gasteiger charge is -2.44. The number of aryl methyl sites for hydroxylation is 1. The molecule has 0 amide bonds. The Morgan fingerprint density at radius 2 is 2.28 bits per heavy atom. The summed E-state index contributed by atoms with van der Waals surface area (Å²) in [7, 11) is 0.760. The van der Waals surface area contributed by atoms with Gasteiger partial charge in [0.2, 0.25) is 0 Å². The van der Waals surface area contributed by atoms with Gasteiger partial charge in [-0.1, -0.05) is 6.07 Å². The van der Waals surface area contributed by atoms with Gasteiger partial charge in [-0.25, -0.2) is 4.79 Å². The van der Waals surface area contributed by atoms with Crippen LogP contribution in [0.25, 0.3) is 0 Å². The SMILES string of the molecule is COC(CC1CCCNC1)N1CC(Oc2ccc3c(c2C(=O)O)OB(O)CC3)C1. The van der Waals surface area contributed by atoms with E-state index in [1.807, 2.05) is 6.07 Å². The van der Waals surface area contributed by atoms with Crippen molar-refractivity contribution >= 4 is 13.1 Å². The van der Waals surface area contributed by atoms with E-state index in [1.165, 1.54) is 12.8 Å². The minimum atomic E-state index is -1.11. The molecule has 29 heavy (non-hydrogen) atoms. The first-order valence-corrected chi connectivity index (χ1v) is 10.4. The molecule has 1 aromatic carbocycles. The second-order valence-electron chi connectivity index (χ2n) is 8.18. The van der Waals surface area contributed by atoms with Crippen LogP contribution in [0, 0.1) is 5.92 Å². The van der Waals surface area contributed by atoms with Crippen molar-refractivity contribution in [2.24, 2.45) is 5.92 Å². The molecule has 0 aromatic heterocycles. The molecule has 4 rings (SSSR count). The fourth-order valence-corrected chi connectivity index (χ4v) is 4.48. The Morgan fingerprint density at radius 3 is 2.97 bits per heavy atom. The number of aromatic carboxylic acids is 1. The van der Waals surface area contributed by atoms with Crippen molar-refractivity contribution < 1.29 is 29.1 Å². The molecule has 0 spiro atoms. The molecule has 9 heteroatoms. The van der Waals surface area contributed by atoms with Gasteiger partial charge in [0.05, 0.1) is 0 Å². The van der Waals surface area contributed by atoms with Gasteiger partial charge in [-0.15, -0.1) is 0 Å². The molecule has 2 saturated heterocycles. The summed E-state index contributed by atoms with van der Waals surface area (Å²) in [6.45, 7) is 3.52. The molecular weight excluding hydrogens is 375 g/mol. The van der Waals surface area contributed by atoms with Crippen molar-refractivity contribution in [3.63, 3.8) is 0 Å². The van der Waals surface area contributed by atoms with Crippen LogP contribution < -0.4 is 14.7 Å². The van der Waals surface area contributed by atoms with Crippen LogP contribution in [0.4, 0.5) is 0 Å².